The van der Waals surface area contributed by atoms with Gasteiger partial charge in [-0.05, 0) is 25.1 Å². The maximum atomic E-state index is 5.43. The molecule has 2 aliphatic rings. The van der Waals surface area contributed by atoms with Crippen molar-refractivity contribution in [1.82, 2.24) is 0 Å². The number of nitrogens with one attached hydrogen (secondary N) is 2. The Labute approximate surface area is 108 Å². The van der Waals surface area contributed by atoms with Crippen LogP contribution in [0.2, 0.25) is 0 Å². The SMILES string of the molecule is CC[NH+]1CC[NH+](Cc2ccc3c(c2)OCO3)CC1. The second-order valence-electron chi connectivity index (χ2n) is 5.22. The van der Waals surface area contributed by atoms with Gasteiger partial charge in [0.15, 0.2) is 11.5 Å². The number of benzene rings is 1. The quantitative estimate of drug-likeness (QED) is 0.699. The predicted octanol–water partition coefficient (Wildman–Crippen LogP) is -1.28. The van der Waals surface area contributed by atoms with Crippen LogP contribution in [-0.4, -0.2) is 39.5 Å². The molecule has 0 unspecified atom stereocenters. The number of hydrogen-bond acceptors (Lipinski definition) is 2. The van der Waals surface area contributed by atoms with Crippen molar-refractivity contribution in [2.45, 2.75) is 13.5 Å². The highest BCUT2D eigenvalue weighted by molar-refractivity contribution is 5.44. The highest BCUT2D eigenvalue weighted by Crippen LogP contribution is 2.32. The van der Waals surface area contributed by atoms with E-state index in [4.69, 9.17) is 9.47 Å². The molecule has 1 aromatic rings. The van der Waals surface area contributed by atoms with E-state index in [1.54, 1.807) is 9.80 Å². The standard InChI is InChI=1S/C14H20N2O2/c1-2-15-5-7-16(8-6-15)10-12-3-4-13-14(9-12)18-11-17-13/h3-4,9H,2,5-8,10-11H2,1H3/p+2. The molecule has 0 radical (unpaired) electrons. The van der Waals surface area contributed by atoms with Crippen LogP contribution in [-0.2, 0) is 6.54 Å². The van der Waals surface area contributed by atoms with Gasteiger partial charge in [-0.15, -0.1) is 0 Å². The van der Waals surface area contributed by atoms with E-state index >= 15 is 0 Å². The van der Waals surface area contributed by atoms with Gasteiger partial charge in [-0.2, -0.15) is 0 Å². The van der Waals surface area contributed by atoms with Crippen LogP contribution in [0.3, 0.4) is 0 Å². The van der Waals surface area contributed by atoms with Gasteiger partial charge in [-0.1, -0.05) is 0 Å². The molecule has 0 atom stereocenters. The van der Waals surface area contributed by atoms with Crippen LogP contribution in [0.5, 0.6) is 11.5 Å². The molecule has 4 heteroatoms. The molecule has 0 saturated carbocycles. The summed E-state index contributed by atoms with van der Waals surface area (Å²) in [4.78, 5) is 3.43. The fourth-order valence-corrected chi connectivity index (χ4v) is 2.83. The Kier molecular flexibility index (Phi) is 3.39. The topological polar surface area (TPSA) is 27.3 Å². The van der Waals surface area contributed by atoms with Crippen molar-refractivity contribution < 1.29 is 19.3 Å². The molecule has 1 fully saturated rings. The molecule has 0 bridgehead atoms. The first-order chi connectivity index (χ1) is 8.85. The van der Waals surface area contributed by atoms with Gasteiger partial charge < -0.3 is 19.3 Å². The van der Waals surface area contributed by atoms with Gasteiger partial charge in [0.05, 0.1) is 6.54 Å². The van der Waals surface area contributed by atoms with E-state index in [0.717, 1.165) is 18.0 Å². The highest BCUT2D eigenvalue weighted by Gasteiger charge is 2.22. The molecule has 1 saturated heterocycles. The zero-order valence-corrected chi connectivity index (χ0v) is 11.0. The van der Waals surface area contributed by atoms with Crippen molar-refractivity contribution in [3.8, 4) is 11.5 Å². The number of likely N-dealkylation sites (N-methyl/N-ethyl adjacent to an activating group) is 1. The first kappa shape index (κ1) is 11.8. The molecular weight excluding hydrogens is 228 g/mol. The largest absolute Gasteiger partial charge is 0.454 e. The molecule has 3 rings (SSSR count). The summed E-state index contributed by atoms with van der Waals surface area (Å²) in [7, 11) is 0. The molecule has 2 N–H and O–H groups in total. The Bertz CT molecular complexity index is 414. The zero-order valence-electron chi connectivity index (χ0n) is 11.0. The van der Waals surface area contributed by atoms with Crippen LogP contribution in [0.15, 0.2) is 18.2 Å². The lowest BCUT2D eigenvalue weighted by Crippen LogP contribution is -3.27. The van der Waals surface area contributed by atoms with Gasteiger partial charge in [-0.3, -0.25) is 0 Å². The van der Waals surface area contributed by atoms with Crippen LogP contribution in [0.1, 0.15) is 12.5 Å². The van der Waals surface area contributed by atoms with E-state index in [1.165, 1.54) is 38.3 Å². The molecule has 2 aliphatic heterocycles. The minimum Gasteiger partial charge on any atom is -0.454 e. The second kappa shape index (κ2) is 5.16. The van der Waals surface area contributed by atoms with E-state index in [1.807, 2.05) is 6.07 Å². The Morgan fingerprint density at radius 3 is 2.50 bits per heavy atom. The summed E-state index contributed by atoms with van der Waals surface area (Å²) in [6, 6.07) is 6.33. The van der Waals surface area contributed by atoms with Crippen LogP contribution >= 0.6 is 0 Å². The normalized spacial score (nSPS) is 26.3. The molecule has 18 heavy (non-hydrogen) atoms. The average molecular weight is 250 g/mol. The van der Waals surface area contributed by atoms with Gasteiger partial charge >= 0.3 is 0 Å². The molecule has 0 spiro atoms. The fraction of sp³-hybridized carbons (Fsp3) is 0.571. The van der Waals surface area contributed by atoms with Gasteiger partial charge in [-0.25, -0.2) is 0 Å². The van der Waals surface area contributed by atoms with Crippen LogP contribution in [0.25, 0.3) is 0 Å². The minimum absolute atomic E-state index is 0.365. The zero-order chi connectivity index (χ0) is 12.4. The molecule has 2 heterocycles. The number of piperazine rings is 1. The van der Waals surface area contributed by atoms with Gasteiger partial charge in [0.1, 0.15) is 32.7 Å². The number of rotatable bonds is 3. The molecule has 4 nitrogen and oxygen atoms in total. The number of ether oxygens (including phenoxy) is 2. The van der Waals surface area contributed by atoms with E-state index in [0.29, 0.717) is 6.79 Å². The summed E-state index contributed by atoms with van der Waals surface area (Å²) in [5.74, 6) is 1.79. The van der Waals surface area contributed by atoms with Crippen molar-refractivity contribution in [2.24, 2.45) is 0 Å². The second-order valence-corrected chi connectivity index (χ2v) is 5.22. The first-order valence-electron chi connectivity index (χ1n) is 6.91. The first-order valence-corrected chi connectivity index (χ1v) is 6.91. The Morgan fingerprint density at radius 1 is 1.00 bits per heavy atom. The number of hydrogen-bond donors (Lipinski definition) is 2. The maximum absolute atomic E-state index is 5.43. The lowest BCUT2D eigenvalue weighted by molar-refractivity contribution is -1.02. The summed E-state index contributed by atoms with van der Waals surface area (Å²) in [6.07, 6.45) is 0. The average Bonchev–Trinajstić information content (AvgIpc) is 2.87. The molecule has 98 valence electrons. The minimum atomic E-state index is 0.365. The smallest absolute Gasteiger partial charge is 0.231 e. The van der Waals surface area contributed by atoms with Crippen LogP contribution < -0.4 is 19.3 Å². The molecule has 1 aromatic carbocycles. The summed E-state index contributed by atoms with van der Waals surface area (Å²) in [5, 5.41) is 0. The van der Waals surface area contributed by atoms with Crippen LogP contribution in [0.4, 0.5) is 0 Å². The third kappa shape index (κ3) is 2.44. The highest BCUT2D eigenvalue weighted by atomic mass is 16.7. The van der Waals surface area contributed by atoms with Gasteiger partial charge in [0.25, 0.3) is 0 Å². The van der Waals surface area contributed by atoms with Crippen molar-refractivity contribution in [2.75, 3.05) is 39.5 Å². The van der Waals surface area contributed by atoms with Crippen molar-refractivity contribution in [3.63, 3.8) is 0 Å². The lowest BCUT2D eigenvalue weighted by Gasteiger charge is -2.29. The summed E-state index contributed by atoms with van der Waals surface area (Å²) in [6.45, 7) is 10.2. The van der Waals surface area contributed by atoms with E-state index in [-0.39, 0.29) is 0 Å². The number of fused-ring (bicyclic) bond motifs is 1. The fourth-order valence-electron chi connectivity index (χ4n) is 2.83. The van der Waals surface area contributed by atoms with Crippen molar-refractivity contribution in [1.29, 1.82) is 0 Å². The van der Waals surface area contributed by atoms with Crippen LogP contribution in [0, 0.1) is 0 Å². The molecule has 0 aliphatic carbocycles. The third-order valence-corrected chi connectivity index (χ3v) is 4.06. The molecule has 0 aromatic heterocycles. The predicted molar refractivity (Wildman–Crippen MR) is 68.2 cm³/mol. The monoisotopic (exact) mass is 250 g/mol. The third-order valence-electron chi connectivity index (χ3n) is 4.06. The summed E-state index contributed by atoms with van der Waals surface area (Å²) >= 11 is 0. The number of quaternary nitrogens is 2. The molecule has 0 amide bonds. The Hall–Kier alpha value is -1.26. The van der Waals surface area contributed by atoms with Crippen molar-refractivity contribution >= 4 is 0 Å². The van der Waals surface area contributed by atoms with E-state index < -0.39 is 0 Å². The lowest BCUT2D eigenvalue weighted by atomic mass is 10.1. The van der Waals surface area contributed by atoms with Gasteiger partial charge in [0, 0.05) is 5.56 Å². The van der Waals surface area contributed by atoms with Crippen molar-refractivity contribution in [3.05, 3.63) is 23.8 Å². The van der Waals surface area contributed by atoms with Gasteiger partial charge in [0.2, 0.25) is 6.79 Å². The Balaban J connectivity index is 1.60. The maximum Gasteiger partial charge on any atom is 0.231 e. The molecular formula is C14H22N2O2+2. The Morgan fingerprint density at radius 2 is 1.72 bits per heavy atom. The van der Waals surface area contributed by atoms with E-state index in [9.17, 15) is 0 Å². The summed E-state index contributed by atoms with van der Waals surface area (Å²) in [5.41, 5.74) is 1.36. The summed E-state index contributed by atoms with van der Waals surface area (Å²) < 4.78 is 10.8. The van der Waals surface area contributed by atoms with E-state index in [2.05, 4.69) is 19.1 Å².